The number of amides is 2. The molecule has 2 bridgehead atoms. The highest BCUT2D eigenvalue weighted by Gasteiger charge is 2.57. The molecular formula is C42H57N5O6. The molecule has 1 aliphatic heterocycles. The van der Waals surface area contributed by atoms with Crippen molar-refractivity contribution in [1.82, 2.24) is 15.7 Å². The normalized spacial score (nSPS) is 26.6. The molecule has 8 atom stereocenters. The van der Waals surface area contributed by atoms with Crippen LogP contribution in [-0.4, -0.2) is 92.3 Å². The summed E-state index contributed by atoms with van der Waals surface area (Å²) >= 11 is 0. The van der Waals surface area contributed by atoms with Gasteiger partial charge in [0, 0.05) is 67.2 Å². The lowest BCUT2D eigenvalue weighted by atomic mass is 9.45. The van der Waals surface area contributed by atoms with E-state index < -0.39 is 24.2 Å². The summed E-state index contributed by atoms with van der Waals surface area (Å²) in [6, 6.07) is 20.6. The van der Waals surface area contributed by atoms with Gasteiger partial charge in [0.1, 0.15) is 17.9 Å². The fourth-order valence-corrected chi connectivity index (χ4v) is 9.03. The number of ether oxygens (including phenoxy) is 1. The second kappa shape index (κ2) is 16.1. The highest BCUT2D eigenvalue weighted by Crippen LogP contribution is 2.61. The zero-order valence-corrected chi connectivity index (χ0v) is 32.1. The van der Waals surface area contributed by atoms with Crippen LogP contribution >= 0.6 is 0 Å². The van der Waals surface area contributed by atoms with E-state index in [1.165, 1.54) is 6.42 Å². The van der Waals surface area contributed by atoms with Gasteiger partial charge in [-0.25, -0.2) is 0 Å². The molecule has 3 saturated carbocycles. The fourth-order valence-electron chi connectivity index (χ4n) is 9.03. The van der Waals surface area contributed by atoms with Crippen molar-refractivity contribution >= 4 is 23.2 Å². The molecule has 4 aliphatic rings. The number of hydrogen-bond acceptors (Lipinski definition) is 9. The Morgan fingerprint density at radius 2 is 1.81 bits per heavy atom. The van der Waals surface area contributed by atoms with Crippen molar-refractivity contribution in [1.29, 1.82) is 0 Å². The van der Waals surface area contributed by atoms with E-state index in [4.69, 9.17) is 9.57 Å². The molecule has 3 aromatic rings. The van der Waals surface area contributed by atoms with Crippen molar-refractivity contribution < 1.29 is 29.4 Å². The lowest BCUT2D eigenvalue weighted by Crippen LogP contribution is -2.62. The Morgan fingerprint density at radius 3 is 2.45 bits per heavy atom. The third-order valence-electron chi connectivity index (χ3n) is 12.2. The van der Waals surface area contributed by atoms with Gasteiger partial charge in [0.2, 0.25) is 5.91 Å². The maximum absolute atomic E-state index is 14.2. The van der Waals surface area contributed by atoms with Gasteiger partial charge in [0.25, 0.3) is 5.91 Å². The van der Waals surface area contributed by atoms with E-state index in [9.17, 15) is 19.8 Å². The lowest BCUT2D eigenvalue weighted by Gasteiger charge is -2.62. The zero-order valence-electron chi connectivity index (χ0n) is 32.1. The van der Waals surface area contributed by atoms with Crippen LogP contribution in [-0.2, 0) is 16.2 Å². The number of benzene rings is 3. The number of rotatable bonds is 14. The van der Waals surface area contributed by atoms with Gasteiger partial charge in [0.15, 0.2) is 0 Å². The van der Waals surface area contributed by atoms with Crippen LogP contribution in [0.25, 0.3) is 11.1 Å². The third-order valence-corrected chi connectivity index (χ3v) is 12.2. The van der Waals surface area contributed by atoms with Gasteiger partial charge in [-0.2, -0.15) is 5.06 Å². The number of methoxy groups -OCH3 is 1. The third kappa shape index (κ3) is 7.90. The van der Waals surface area contributed by atoms with E-state index in [0.29, 0.717) is 42.2 Å². The van der Waals surface area contributed by atoms with E-state index in [1.54, 1.807) is 19.1 Å². The molecule has 286 valence electrons. The molecule has 0 unspecified atom stereocenters. The Bertz CT molecular complexity index is 1750. The second-order valence-corrected chi connectivity index (χ2v) is 15.9. The van der Waals surface area contributed by atoms with Crippen molar-refractivity contribution in [2.75, 3.05) is 51.1 Å². The highest BCUT2D eigenvalue weighted by molar-refractivity contribution is 5.97. The Labute approximate surface area is 314 Å². The van der Waals surface area contributed by atoms with Crippen molar-refractivity contribution in [3.05, 3.63) is 77.9 Å². The summed E-state index contributed by atoms with van der Waals surface area (Å²) in [5.41, 5.74) is 4.97. The molecule has 1 saturated heterocycles. The summed E-state index contributed by atoms with van der Waals surface area (Å²) in [5.74, 6) is 1.01. The predicted octanol–water partition coefficient (Wildman–Crippen LogP) is 4.93. The van der Waals surface area contributed by atoms with Gasteiger partial charge < -0.3 is 35.8 Å². The number of anilines is 2. The standard InChI is InChI=1S/C42H57N5O6/c1-25-34-21-30(42(34,3)4)22-35(25)45-41(51)38-37(26(2)49)36(24-48)53-47(38)23-27-12-11-15-33(39(27)52-7)28-18-29(20-32(19-28)46(5)6)40(50)44-17-16-43-31-13-9-8-10-14-31/h8-15,18-20,25-26,30,34-38,43,48-49H,16-17,21-24H2,1-7H3,(H,44,50)(H,45,51)/t25-,26-,30-,34+,35-,36-,37+,38-/m0/s1. The maximum atomic E-state index is 14.2. The first-order chi connectivity index (χ1) is 25.3. The molecular weight excluding hydrogens is 670 g/mol. The summed E-state index contributed by atoms with van der Waals surface area (Å²) in [5, 5.41) is 32.5. The number of carbonyl (C=O) groups is 2. The molecule has 2 amide bonds. The van der Waals surface area contributed by atoms with Crippen LogP contribution in [0.4, 0.5) is 11.4 Å². The Balaban J connectivity index is 1.24. The maximum Gasteiger partial charge on any atom is 0.251 e. The first kappa shape index (κ1) is 38.6. The number of nitrogens with one attached hydrogen (secondary N) is 3. The molecule has 0 aromatic heterocycles. The van der Waals surface area contributed by atoms with Gasteiger partial charge in [-0.15, -0.1) is 0 Å². The second-order valence-electron chi connectivity index (χ2n) is 15.9. The first-order valence-corrected chi connectivity index (χ1v) is 18.9. The van der Waals surface area contributed by atoms with Crippen LogP contribution in [0.15, 0.2) is 66.7 Å². The number of fused-ring (bicyclic) bond motifs is 2. The van der Waals surface area contributed by atoms with Crippen LogP contribution in [0.5, 0.6) is 5.75 Å². The minimum Gasteiger partial charge on any atom is -0.496 e. The average molecular weight is 728 g/mol. The molecule has 1 heterocycles. The van der Waals surface area contributed by atoms with Crippen molar-refractivity contribution in [3.8, 4) is 16.9 Å². The van der Waals surface area contributed by atoms with Gasteiger partial charge in [-0.3, -0.25) is 14.4 Å². The van der Waals surface area contributed by atoms with Crippen LogP contribution in [0.2, 0.25) is 0 Å². The first-order valence-electron chi connectivity index (χ1n) is 18.9. The molecule has 0 spiro atoms. The number of hydrogen-bond donors (Lipinski definition) is 5. The summed E-state index contributed by atoms with van der Waals surface area (Å²) in [6.45, 7) is 9.41. The lowest BCUT2D eigenvalue weighted by molar-refractivity contribution is -0.183. The van der Waals surface area contributed by atoms with Crippen molar-refractivity contribution in [3.63, 3.8) is 0 Å². The number of carbonyl (C=O) groups excluding carboxylic acids is 2. The molecule has 11 nitrogen and oxygen atoms in total. The molecule has 0 radical (unpaired) electrons. The molecule has 11 heteroatoms. The molecule has 3 aromatic carbocycles. The van der Waals surface area contributed by atoms with Gasteiger partial charge >= 0.3 is 0 Å². The minimum absolute atomic E-state index is 0.0392. The fraction of sp³-hybridized carbons (Fsp3) is 0.524. The quantitative estimate of drug-likeness (QED) is 0.147. The Kier molecular flexibility index (Phi) is 11.7. The van der Waals surface area contributed by atoms with Gasteiger partial charge in [-0.1, -0.05) is 57.2 Å². The van der Waals surface area contributed by atoms with Crippen molar-refractivity contribution in [2.45, 2.75) is 71.4 Å². The number of aliphatic hydroxyl groups excluding tert-OH is 2. The van der Waals surface area contributed by atoms with Gasteiger partial charge in [0.05, 0.1) is 26.4 Å². The summed E-state index contributed by atoms with van der Waals surface area (Å²) < 4.78 is 6.05. The van der Waals surface area contributed by atoms with Crippen molar-refractivity contribution in [2.24, 2.45) is 29.1 Å². The Morgan fingerprint density at radius 1 is 1.06 bits per heavy atom. The monoisotopic (exact) mass is 727 g/mol. The summed E-state index contributed by atoms with van der Waals surface area (Å²) in [7, 11) is 5.47. The summed E-state index contributed by atoms with van der Waals surface area (Å²) in [6.07, 6.45) is 0.481. The van der Waals surface area contributed by atoms with E-state index in [-0.39, 0.29) is 36.4 Å². The smallest absolute Gasteiger partial charge is 0.251 e. The van der Waals surface area contributed by atoms with Crippen LogP contribution in [0.1, 0.15) is 56.5 Å². The van der Waals surface area contributed by atoms with E-state index in [0.717, 1.165) is 34.5 Å². The summed E-state index contributed by atoms with van der Waals surface area (Å²) in [4.78, 5) is 35.9. The van der Waals surface area contributed by atoms with Gasteiger partial charge in [-0.05, 0) is 78.8 Å². The topological polar surface area (TPSA) is 136 Å². The zero-order chi connectivity index (χ0) is 38.0. The van der Waals surface area contributed by atoms with Crippen LogP contribution in [0, 0.1) is 29.1 Å². The molecule has 53 heavy (non-hydrogen) atoms. The molecule has 4 fully saturated rings. The van der Waals surface area contributed by atoms with E-state index in [2.05, 4.69) is 36.7 Å². The van der Waals surface area contributed by atoms with E-state index >= 15 is 0 Å². The SMILES string of the molecule is COc1c(CN2O[C@@H](CO)[C@@H]([C@H](C)O)[C@H]2C(=O)N[C@H]2C[C@@H]3C[C@H]([C@@H]2C)C3(C)C)cccc1-c1cc(C(=O)NCCNc2ccccc2)cc(N(C)C)c1. The molecule has 5 N–H and O–H groups in total. The minimum atomic E-state index is -0.898. The molecule has 7 rings (SSSR count). The van der Waals surface area contributed by atoms with Crippen LogP contribution in [0.3, 0.4) is 0 Å². The molecule has 3 aliphatic carbocycles. The van der Waals surface area contributed by atoms with Crippen LogP contribution < -0.4 is 25.6 Å². The predicted molar refractivity (Wildman–Crippen MR) is 208 cm³/mol. The largest absolute Gasteiger partial charge is 0.496 e. The number of aliphatic hydroxyl groups is 2. The number of hydroxylamine groups is 2. The highest BCUT2D eigenvalue weighted by atomic mass is 16.7. The number of nitrogens with zero attached hydrogens (tertiary/aromatic N) is 2. The average Bonchev–Trinajstić information content (AvgIpc) is 3.52. The van der Waals surface area contributed by atoms with E-state index in [1.807, 2.05) is 85.7 Å². The number of para-hydroxylation sites is 2. The Hall–Kier alpha value is -4.16.